The monoisotopic (exact) mass is 397 g/mol. The molecular formula is C21H23N3O5. The number of anilines is 2. The largest absolute Gasteiger partial charge is 0.493 e. The van der Waals surface area contributed by atoms with Crippen molar-refractivity contribution in [2.45, 2.75) is 6.92 Å². The van der Waals surface area contributed by atoms with Crippen molar-refractivity contribution in [1.82, 2.24) is 5.32 Å². The lowest BCUT2D eigenvalue weighted by Gasteiger charge is -2.13. The Kier molecular flexibility index (Phi) is 8.20. The molecule has 0 unspecified atom stereocenters. The molecule has 8 nitrogen and oxygen atoms in total. The maximum Gasteiger partial charge on any atom is 0.320 e. The average molecular weight is 397 g/mol. The van der Waals surface area contributed by atoms with Crippen LogP contribution in [0, 0.1) is 11.8 Å². The number of urea groups is 1. The molecule has 152 valence electrons. The van der Waals surface area contributed by atoms with Crippen molar-refractivity contribution in [3.05, 3.63) is 42.5 Å². The van der Waals surface area contributed by atoms with Crippen LogP contribution in [0.5, 0.6) is 17.2 Å². The van der Waals surface area contributed by atoms with E-state index in [0.717, 1.165) is 0 Å². The molecule has 0 aliphatic carbocycles. The molecule has 3 N–H and O–H groups in total. The van der Waals surface area contributed by atoms with Crippen LogP contribution in [-0.2, 0) is 4.79 Å². The Balaban J connectivity index is 1.78. The summed E-state index contributed by atoms with van der Waals surface area (Å²) in [4.78, 5) is 23.1. The second-order valence-electron chi connectivity index (χ2n) is 5.70. The highest BCUT2D eigenvalue weighted by molar-refractivity contribution is 5.91. The molecule has 0 aliphatic rings. The van der Waals surface area contributed by atoms with Gasteiger partial charge in [0.15, 0.2) is 11.5 Å². The Labute approximate surface area is 169 Å². The molecule has 0 atom stereocenters. The van der Waals surface area contributed by atoms with Gasteiger partial charge in [-0.3, -0.25) is 4.79 Å². The fourth-order valence-corrected chi connectivity index (χ4v) is 2.38. The Morgan fingerprint density at radius 3 is 2.52 bits per heavy atom. The minimum atomic E-state index is -0.422. The molecule has 0 aliphatic heterocycles. The first-order valence-corrected chi connectivity index (χ1v) is 8.75. The SMILES string of the molecule is COc1cccc(NC(=O)NCC#CCOc2cccc(NC(C)=O)c2)c1OC. The fraction of sp³-hybridized carbons (Fsp3) is 0.238. The molecule has 0 heterocycles. The molecule has 0 saturated carbocycles. The van der Waals surface area contributed by atoms with Crippen molar-refractivity contribution in [3.63, 3.8) is 0 Å². The summed E-state index contributed by atoms with van der Waals surface area (Å²) in [7, 11) is 3.02. The van der Waals surface area contributed by atoms with E-state index in [4.69, 9.17) is 14.2 Å². The Morgan fingerprint density at radius 2 is 1.79 bits per heavy atom. The van der Waals surface area contributed by atoms with Gasteiger partial charge in [-0.25, -0.2) is 4.79 Å². The summed E-state index contributed by atoms with van der Waals surface area (Å²) in [6.45, 7) is 1.73. The van der Waals surface area contributed by atoms with Gasteiger partial charge < -0.3 is 30.2 Å². The molecule has 0 radical (unpaired) electrons. The number of rotatable bonds is 7. The van der Waals surface area contributed by atoms with Gasteiger partial charge in [0.2, 0.25) is 5.91 Å². The van der Waals surface area contributed by atoms with Crippen LogP contribution in [0.15, 0.2) is 42.5 Å². The van der Waals surface area contributed by atoms with Crippen molar-refractivity contribution in [2.24, 2.45) is 0 Å². The lowest BCUT2D eigenvalue weighted by molar-refractivity contribution is -0.114. The number of hydrogen-bond donors (Lipinski definition) is 3. The van der Waals surface area contributed by atoms with Crippen LogP contribution >= 0.6 is 0 Å². The fourth-order valence-electron chi connectivity index (χ4n) is 2.38. The highest BCUT2D eigenvalue weighted by atomic mass is 16.5. The van der Waals surface area contributed by atoms with Gasteiger partial charge in [0.25, 0.3) is 0 Å². The Hall–Kier alpha value is -3.86. The molecule has 8 heteroatoms. The summed E-state index contributed by atoms with van der Waals surface area (Å²) in [6, 6.07) is 11.8. The van der Waals surface area contributed by atoms with Gasteiger partial charge in [0.1, 0.15) is 12.4 Å². The van der Waals surface area contributed by atoms with Crippen molar-refractivity contribution < 1.29 is 23.8 Å². The second-order valence-corrected chi connectivity index (χ2v) is 5.70. The molecule has 0 spiro atoms. The predicted octanol–water partition coefficient (Wildman–Crippen LogP) is 2.87. The van der Waals surface area contributed by atoms with Gasteiger partial charge in [0, 0.05) is 18.7 Å². The summed E-state index contributed by atoms with van der Waals surface area (Å²) in [6.07, 6.45) is 0. The van der Waals surface area contributed by atoms with E-state index in [1.807, 2.05) is 0 Å². The second kappa shape index (κ2) is 11.1. The van der Waals surface area contributed by atoms with Crippen LogP contribution in [0.25, 0.3) is 0 Å². The third kappa shape index (κ3) is 6.99. The number of carbonyl (C=O) groups is 2. The summed E-state index contributed by atoms with van der Waals surface area (Å²) in [5.41, 5.74) is 1.13. The highest BCUT2D eigenvalue weighted by Gasteiger charge is 2.11. The molecule has 2 rings (SSSR count). The molecule has 0 saturated heterocycles. The number of amides is 3. The van der Waals surface area contributed by atoms with E-state index in [2.05, 4.69) is 27.8 Å². The van der Waals surface area contributed by atoms with E-state index in [1.165, 1.54) is 21.1 Å². The first-order valence-electron chi connectivity index (χ1n) is 8.75. The molecule has 29 heavy (non-hydrogen) atoms. The smallest absolute Gasteiger partial charge is 0.320 e. The molecule has 0 bridgehead atoms. The van der Waals surface area contributed by atoms with Crippen LogP contribution in [-0.4, -0.2) is 39.3 Å². The minimum absolute atomic E-state index is 0.146. The van der Waals surface area contributed by atoms with Gasteiger partial charge in [-0.2, -0.15) is 0 Å². The minimum Gasteiger partial charge on any atom is -0.493 e. The molecule has 0 fully saturated rings. The van der Waals surface area contributed by atoms with Gasteiger partial charge in [-0.15, -0.1) is 0 Å². The zero-order valence-electron chi connectivity index (χ0n) is 16.5. The van der Waals surface area contributed by atoms with Crippen LogP contribution in [0.2, 0.25) is 0 Å². The average Bonchev–Trinajstić information content (AvgIpc) is 2.70. The maximum absolute atomic E-state index is 12.0. The van der Waals surface area contributed by atoms with E-state index in [9.17, 15) is 9.59 Å². The van der Waals surface area contributed by atoms with Crippen molar-refractivity contribution in [3.8, 4) is 29.1 Å². The Morgan fingerprint density at radius 1 is 1.00 bits per heavy atom. The number of para-hydroxylation sites is 1. The first-order chi connectivity index (χ1) is 14.0. The lowest BCUT2D eigenvalue weighted by atomic mass is 10.2. The van der Waals surface area contributed by atoms with Gasteiger partial charge in [0.05, 0.1) is 26.5 Å². The topological polar surface area (TPSA) is 97.9 Å². The van der Waals surface area contributed by atoms with E-state index in [0.29, 0.717) is 28.6 Å². The van der Waals surface area contributed by atoms with Crippen molar-refractivity contribution >= 4 is 23.3 Å². The summed E-state index contributed by atoms with van der Waals surface area (Å²) in [5, 5.41) is 7.99. The van der Waals surface area contributed by atoms with E-state index >= 15 is 0 Å². The van der Waals surface area contributed by atoms with Crippen LogP contribution in [0.3, 0.4) is 0 Å². The predicted molar refractivity (Wildman–Crippen MR) is 111 cm³/mol. The molecule has 2 aromatic rings. The number of ether oxygens (including phenoxy) is 3. The van der Waals surface area contributed by atoms with Crippen LogP contribution < -0.4 is 30.2 Å². The molecular weight excluding hydrogens is 374 g/mol. The standard InChI is InChI=1S/C21H23N3O5/c1-15(25)23-16-8-6-9-17(14-16)29-13-5-4-12-22-21(26)24-18-10-7-11-19(27-2)20(18)28-3/h6-11,14H,12-13H2,1-3H3,(H,23,25)(H2,22,24,26). The molecule has 0 aromatic heterocycles. The third-order valence-corrected chi connectivity index (χ3v) is 3.58. The number of nitrogens with one attached hydrogen (secondary N) is 3. The lowest BCUT2D eigenvalue weighted by Crippen LogP contribution is -2.29. The first kappa shape index (κ1) is 21.4. The van der Waals surface area contributed by atoms with Gasteiger partial charge in [-0.1, -0.05) is 24.0 Å². The van der Waals surface area contributed by atoms with Crippen molar-refractivity contribution in [1.29, 1.82) is 0 Å². The van der Waals surface area contributed by atoms with E-state index in [-0.39, 0.29) is 19.1 Å². The molecule has 2 aromatic carbocycles. The number of carbonyl (C=O) groups excluding carboxylic acids is 2. The zero-order chi connectivity index (χ0) is 21.1. The quantitative estimate of drug-likeness (QED) is 0.624. The van der Waals surface area contributed by atoms with Crippen LogP contribution in [0.4, 0.5) is 16.2 Å². The van der Waals surface area contributed by atoms with E-state index < -0.39 is 6.03 Å². The summed E-state index contributed by atoms with van der Waals surface area (Å²) < 4.78 is 16.0. The van der Waals surface area contributed by atoms with Gasteiger partial charge >= 0.3 is 6.03 Å². The number of methoxy groups -OCH3 is 2. The van der Waals surface area contributed by atoms with Crippen molar-refractivity contribution in [2.75, 3.05) is 38.0 Å². The number of benzene rings is 2. The molecule has 3 amide bonds. The normalized spacial score (nSPS) is 9.48. The highest BCUT2D eigenvalue weighted by Crippen LogP contribution is 2.34. The number of hydrogen-bond acceptors (Lipinski definition) is 5. The van der Waals surface area contributed by atoms with E-state index in [1.54, 1.807) is 42.5 Å². The third-order valence-electron chi connectivity index (χ3n) is 3.58. The maximum atomic E-state index is 12.0. The van der Waals surface area contributed by atoms with Gasteiger partial charge in [-0.05, 0) is 24.3 Å². The summed E-state index contributed by atoms with van der Waals surface area (Å²) in [5.74, 6) is 6.99. The zero-order valence-corrected chi connectivity index (χ0v) is 16.5. The summed E-state index contributed by atoms with van der Waals surface area (Å²) >= 11 is 0. The Bertz CT molecular complexity index is 918. The van der Waals surface area contributed by atoms with Crippen LogP contribution in [0.1, 0.15) is 6.92 Å².